The number of carbonyl (C=O) groups excluding carboxylic acids is 1. The molecule has 1 N–H and O–H groups in total. The Morgan fingerprint density at radius 1 is 1.67 bits per heavy atom. The minimum Gasteiger partial charge on any atom is -0.382 e. The first kappa shape index (κ1) is 13.1. The molecule has 0 spiro atoms. The second-order valence-corrected chi connectivity index (χ2v) is 5.22. The maximum atomic E-state index is 12.3. The van der Waals surface area contributed by atoms with Crippen molar-refractivity contribution in [1.82, 2.24) is 9.88 Å². The summed E-state index contributed by atoms with van der Waals surface area (Å²) >= 11 is 0. The number of nitrogens with one attached hydrogen (secondary N) is 1. The van der Waals surface area contributed by atoms with Crippen LogP contribution in [0.1, 0.15) is 24.3 Å². The lowest BCUT2D eigenvalue weighted by Crippen LogP contribution is -2.55. The minimum absolute atomic E-state index is 0.0116. The predicted octanol–water partition coefficient (Wildman–Crippen LogP) is 1.28. The highest BCUT2D eigenvalue weighted by Gasteiger charge is 2.36. The summed E-state index contributed by atoms with van der Waals surface area (Å²) in [5.74, 6) is 0.0116. The largest absolute Gasteiger partial charge is 0.382 e. The van der Waals surface area contributed by atoms with E-state index in [4.69, 9.17) is 9.47 Å². The molecular formula is C13H20N2O3. The molecule has 0 unspecified atom stereocenters. The molecule has 18 heavy (non-hydrogen) atoms. The van der Waals surface area contributed by atoms with Gasteiger partial charge in [0.25, 0.3) is 5.91 Å². The molecule has 0 aliphatic carbocycles. The monoisotopic (exact) mass is 252 g/mol. The molecule has 1 atom stereocenters. The fourth-order valence-corrected chi connectivity index (χ4v) is 2.36. The Morgan fingerprint density at radius 3 is 3.06 bits per heavy atom. The van der Waals surface area contributed by atoms with Crippen LogP contribution in [0.25, 0.3) is 0 Å². The Morgan fingerprint density at radius 2 is 2.44 bits per heavy atom. The van der Waals surface area contributed by atoms with Crippen LogP contribution in [0.3, 0.4) is 0 Å². The van der Waals surface area contributed by atoms with Crippen LogP contribution in [-0.2, 0) is 9.47 Å². The number of hydrogen-bond acceptors (Lipinski definition) is 3. The Balaban J connectivity index is 2.10. The SMILES string of the molecule is COC[C@@H]1CN(C(=O)c2ccc[nH]2)CC(C)(C)O1. The van der Waals surface area contributed by atoms with E-state index in [0.29, 0.717) is 25.4 Å². The topological polar surface area (TPSA) is 54.6 Å². The number of ether oxygens (including phenoxy) is 2. The van der Waals surface area contributed by atoms with Crippen molar-refractivity contribution in [3.05, 3.63) is 24.0 Å². The average Bonchev–Trinajstić information content (AvgIpc) is 2.79. The summed E-state index contributed by atoms with van der Waals surface area (Å²) in [4.78, 5) is 17.1. The number of methoxy groups -OCH3 is 1. The van der Waals surface area contributed by atoms with Gasteiger partial charge in [0.2, 0.25) is 0 Å². The first-order valence-electron chi connectivity index (χ1n) is 6.11. The zero-order valence-electron chi connectivity index (χ0n) is 11.1. The number of aromatic amines is 1. The molecule has 5 nitrogen and oxygen atoms in total. The highest BCUT2D eigenvalue weighted by Crippen LogP contribution is 2.22. The maximum Gasteiger partial charge on any atom is 0.270 e. The van der Waals surface area contributed by atoms with E-state index >= 15 is 0 Å². The molecule has 2 rings (SSSR count). The van der Waals surface area contributed by atoms with Crippen molar-refractivity contribution in [2.24, 2.45) is 0 Å². The number of nitrogens with zero attached hydrogens (tertiary/aromatic N) is 1. The number of H-pyrrole nitrogens is 1. The number of carbonyl (C=O) groups is 1. The van der Waals surface area contributed by atoms with Gasteiger partial charge in [-0.2, -0.15) is 0 Å². The molecule has 1 saturated heterocycles. The summed E-state index contributed by atoms with van der Waals surface area (Å²) < 4.78 is 11.0. The summed E-state index contributed by atoms with van der Waals surface area (Å²) in [6, 6.07) is 3.61. The first-order valence-corrected chi connectivity index (χ1v) is 6.11. The molecule has 1 amide bonds. The molecule has 0 bridgehead atoms. The van der Waals surface area contributed by atoms with Crippen molar-refractivity contribution in [3.8, 4) is 0 Å². The zero-order chi connectivity index (χ0) is 13.2. The van der Waals surface area contributed by atoms with Gasteiger partial charge in [-0.05, 0) is 26.0 Å². The Bertz CT molecular complexity index is 400. The second-order valence-electron chi connectivity index (χ2n) is 5.22. The quantitative estimate of drug-likeness (QED) is 0.881. The van der Waals surface area contributed by atoms with Crippen molar-refractivity contribution in [3.63, 3.8) is 0 Å². The number of morpholine rings is 1. The van der Waals surface area contributed by atoms with Gasteiger partial charge in [-0.3, -0.25) is 4.79 Å². The Kier molecular flexibility index (Phi) is 3.73. The lowest BCUT2D eigenvalue weighted by molar-refractivity contribution is -0.143. The van der Waals surface area contributed by atoms with Gasteiger partial charge in [-0.15, -0.1) is 0 Å². The molecule has 5 heteroatoms. The van der Waals surface area contributed by atoms with E-state index < -0.39 is 0 Å². The normalized spacial score (nSPS) is 23.1. The van der Waals surface area contributed by atoms with Gasteiger partial charge in [0.1, 0.15) is 5.69 Å². The van der Waals surface area contributed by atoms with Crippen molar-refractivity contribution in [2.45, 2.75) is 25.6 Å². The standard InChI is InChI=1S/C13H20N2O3/c1-13(2)9-15(7-10(18-13)8-17-3)12(16)11-5-4-6-14-11/h4-6,10,14H,7-9H2,1-3H3/t10-/m0/s1. The third kappa shape index (κ3) is 2.91. The molecule has 1 aliphatic rings. The molecule has 2 heterocycles. The molecule has 1 aromatic heterocycles. The van der Waals surface area contributed by atoms with E-state index in [2.05, 4.69) is 4.98 Å². The molecule has 1 fully saturated rings. The third-order valence-electron chi connectivity index (χ3n) is 2.95. The molecule has 0 saturated carbocycles. The summed E-state index contributed by atoms with van der Waals surface area (Å²) in [6.07, 6.45) is 1.68. The van der Waals surface area contributed by atoms with Gasteiger partial charge >= 0.3 is 0 Å². The van der Waals surface area contributed by atoms with Crippen LogP contribution in [0.15, 0.2) is 18.3 Å². The van der Waals surface area contributed by atoms with E-state index in [0.717, 1.165) is 0 Å². The fraction of sp³-hybridized carbons (Fsp3) is 0.615. The lowest BCUT2D eigenvalue weighted by atomic mass is 10.0. The zero-order valence-corrected chi connectivity index (χ0v) is 11.1. The molecular weight excluding hydrogens is 232 g/mol. The van der Waals surface area contributed by atoms with Crippen molar-refractivity contribution in [1.29, 1.82) is 0 Å². The van der Waals surface area contributed by atoms with E-state index in [1.54, 1.807) is 19.4 Å². The third-order valence-corrected chi connectivity index (χ3v) is 2.95. The summed E-state index contributed by atoms with van der Waals surface area (Å²) in [5.41, 5.74) is 0.271. The van der Waals surface area contributed by atoms with Crippen molar-refractivity contribution < 1.29 is 14.3 Å². The fourth-order valence-electron chi connectivity index (χ4n) is 2.36. The molecule has 100 valence electrons. The Hall–Kier alpha value is -1.33. The maximum absolute atomic E-state index is 12.3. The Labute approximate surface area is 107 Å². The summed E-state index contributed by atoms with van der Waals surface area (Å²) in [5, 5.41) is 0. The van der Waals surface area contributed by atoms with Gasteiger partial charge in [0.15, 0.2) is 0 Å². The van der Waals surface area contributed by atoms with Crippen molar-refractivity contribution in [2.75, 3.05) is 26.8 Å². The van der Waals surface area contributed by atoms with Crippen LogP contribution >= 0.6 is 0 Å². The summed E-state index contributed by atoms with van der Waals surface area (Å²) in [7, 11) is 1.64. The second kappa shape index (κ2) is 5.12. The van der Waals surface area contributed by atoms with Crippen LogP contribution in [0.5, 0.6) is 0 Å². The molecule has 1 aromatic rings. The number of hydrogen-bond donors (Lipinski definition) is 1. The van der Waals surface area contributed by atoms with E-state index in [1.165, 1.54) is 0 Å². The van der Waals surface area contributed by atoms with Crippen LogP contribution in [0, 0.1) is 0 Å². The van der Waals surface area contributed by atoms with Gasteiger partial charge in [-0.25, -0.2) is 0 Å². The van der Waals surface area contributed by atoms with E-state index in [1.807, 2.05) is 24.8 Å². The number of amides is 1. The van der Waals surface area contributed by atoms with Crippen molar-refractivity contribution >= 4 is 5.91 Å². The van der Waals surface area contributed by atoms with Crippen LogP contribution < -0.4 is 0 Å². The van der Waals surface area contributed by atoms with Gasteiger partial charge in [-0.1, -0.05) is 0 Å². The highest BCUT2D eigenvalue weighted by atomic mass is 16.5. The van der Waals surface area contributed by atoms with Crippen LogP contribution in [-0.4, -0.2) is 54.3 Å². The number of aromatic nitrogens is 1. The lowest BCUT2D eigenvalue weighted by Gasteiger charge is -2.42. The number of rotatable bonds is 3. The van der Waals surface area contributed by atoms with Crippen LogP contribution in [0.4, 0.5) is 0 Å². The smallest absolute Gasteiger partial charge is 0.270 e. The van der Waals surface area contributed by atoms with Gasteiger partial charge in [0.05, 0.1) is 18.3 Å². The average molecular weight is 252 g/mol. The van der Waals surface area contributed by atoms with Crippen LogP contribution in [0.2, 0.25) is 0 Å². The van der Waals surface area contributed by atoms with Gasteiger partial charge in [0, 0.05) is 26.4 Å². The van der Waals surface area contributed by atoms with E-state index in [-0.39, 0.29) is 17.6 Å². The first-order chi connectivity index (χ1) is 8.52. The molecule has 0 radical (unpaired) electrons. The predicted molar refractivity (Wildman–Crippen MR) is 67.5 cm³/mol. The summed E-state index contributed by atoms with van der Waals surface area (Å²) in [6.45, 7) is 5.63. The van der Waals surface area contributed by atoms with Gasteiger partial charge < -0.3 is 19.4 Å². The molecule has 1 aliphatic heterocycles. The van der Waals surface area contributed by atoms with E-state index in [9.17, 15) is 4.79 Å². The highest BCUT2D eigenvalue weighted by molar-refractivity contribution is 5.92. The molecule has 0 aromatic carbocycles. The minimum atomic E-state index is -0.344.